The first-order valence-corrected chi connectivity index (χ1v) is 9.92. The predicted octanol–water partition coefficient (Wildman–Crippen LogP) is 3.78. The van der Waals surface area contributed by atoms with Crippen LogP contribution >= 0.6 is 11.6 Å². The molecule has 0 bridgehead atoms. The molecule has 0 aliphatic carbocycles. The van der Waals surface area contributed by atoms with Gasteiger partial charge in [-0.25, -0.2) is 4.98 Å². The van der Waals surface area contributed by atoms with Crippen molar-refractivity contribution in [1.82, 2.24) is 10.3 Å². The van der Waals surface area contributed by atoms with E-state index in [4.69, 9.17) is 11.6 Å². The standard InChI is InChI=1S/C23H24ClN3O2/c24-22-8-4-7-20(26-22)15-23(29)27-19-11-9-17(10-12-19)13-14-25-16-21(28)18-5-2-1-3-6-18/h1-12,21,25,28H,13-16H2,(H,27,29). The van der Waals surface area contributed by atoms with E-state index in [9.17, 15) is 9.90 Å². The average molecular weight is 410 g/mol. The van der Waals surface area contributed by atoms with Crippen molar-refractivity contribution >= 4 is 23.2 Å². The van der Waals surface area contributed by atoms with Crippen LogP contribution in [0, 0.1) is 0 Å². The summed E-state index contributed by atoms with van der Waals surface area (Å²) >= 11 is 5.84. The summed E-state index contributed by atoms with van der Waals surface area (Å²) in [5.41, 5.74) is 3.44. The number of benzene rings is 2. The number of hydrogen-bond donors (Lipinski definition) is 3. The van der Waals surface area contributed by atoms with E-state index in [1.54, 1.807) is 18.2 Å². The van der Waals surface area contributed by atoms with Crippen LogP contribution in [0.4, 0.5) is 5.69 Å². The van der Waals surface area contributed by atoms with Gasteiger partial charge in [-0.1, -0.05) is 60.1 Å². The van der Waals surface area contributed by atoms with Gasteiger partial charge in [-0.2, -0.15) is 0 Å². The Morgan fingerprint density at radius 3 is 2.48 bits per heavy atom. The van der Waals surface area contributed by atoms with Crippen molar-refractivity contribution in [3.8, 4) is 0 Å². The minimum absolute atomic E-state index is 0.135. The maximum absolute atomic E-state index is 12.1. The molecule has 1 atom stereocenters. The highest BCUT2D eigenvalue weighted by Gasteiger charge is 2.07. The van der Waals surface area contributed by atoms with E-state index in [-0.39, 0.29) is 12.3 Å². The Morgan fingerprint density at radius 2 is 1.76 bits per heavy atom. The van der Waals surface area contributed by atoms with Crippen LogP contribution in [0.3, 0.4) is 0 Å². The van der Waals surface area contributed by atoms with E-state index in [0.29, 0.717) is 17.4 Å². The fraction of sp³-hybridized carbons (Fsp3) is 0.217. The second-order valence-electron chi connectivity index (χ2n) is 6.75. The highest BCUT2D eigenvalue weighted by atomic mass is 35.5. The predicted molar refractivity (Wildman–Crippen MR) is 116 cm³/mol. The first kappa shape index (κ1) is 21.0. The minimum Gasteiger partial charge on any atom is -0.387 e. The van der Waals surface area contributed by atoms with E-state index < -0.39 is 6.10 Å². The van der Waals surface area contributed by atoms with E-state index in [0.717, 1.165) is 29.8 Å². The normalized spacial score (nSPS) is 11.8. The Kier molecular flexibility index (Phi) is 7.76. The lowest BCUT2D eigenvalue weighted by Crippen LogP contribution is -2.23. The van der Waals surface area contributed by atoms with Gasteiger partial charge in [-0.05, 0) is 48.4 Å². The largest absolute Gasteiger partial charge is 0.387 e. The van der Waals surface area contributed by atoms with Crippen LogP contribution in [0.25, 0.3) is 0 Å². The van der Waals surface area contributed by atoms with E-state index in [2.05, 4.69) is 15.6 Å². The summed E-state index contributed by atoms with van der Waals surface area (Å²) in [5.74, 6) is -0.135. The molecule has 0 saturated heterocycles. The molecule has 3 N–H and O–H groups in total. The maximum atomic E-state index is 12.1. The molecule has 1 heterocycles. The lowest BCUT2D eigenvalue weighted by molar-refractivity contribution is -0.115. The van der Waals surface area contributed by atoms with Crippen molar-refractivity contribution in [3.05, 3.63) is 94.8 Å². The zero-order chi connectivity index (χ0) is 20.5. The Hall–Kier alpha value is -2.73. The summed E-state index contributed by atoms with van der Waals surface area (Å²) in [5, 5.41) is 16.7. The number of halogens is 1. The first-order chi connectivity index (χ1) is 14.1. The fourth-order valence-corrected chi connectivity index (χ4v) is 3.12. The zero-order valence-electron chi connectivity index (χ0n) is 16.0. The van der Waals surface area contributed by atoms with Crippen LogP contribution in [-0.4, -0.2) is 29.1 Å². The number of carbonyl (C=O) groups is 1. The van der Waals surface area contributed by atoms with Gasteiger partial charge in [-0.3, -0.25) is 4.79 Å². The fourth-order valence-electron chi connectivity index (χ4n) is 2.94. The molecule has 29 heavy (non-hydrogen) atoms. The molecule has 2 aromatic carbocycles. The number of rotatable bonds is 9. The summed E-state index contributed by atoms with van der Waals surface area (Å²) in [7, 11) is 0. The van der Waals surface area contributed by atoms with Gasteiger partial charge < -0.3 is 15.7 Å². The number of aliphatic hydroxyl groups is 1. The first-order valence-electron chi connectivity index (χ1n) is 9.54. The van der Waals surface area contributed by atoms with Crippen molar-refractivity contribution < 1.29 is 9.90 Å². The second kappa shape index (κ2) is 10.7. The second-order valence-corrected chi connectivity index (χ2v) is 7.14. The van der Waals surface area contributed by atoms with Crippen LogP contribution < -0.4 is 10.6 Å². The van der Waals surface area contributed by atoms with Crippen LogP contribution in [0.2, 0.25) is 5.15 Å². The summed E-state index contributed by atoms with van der Waals surface area (Å²) in [4.78, 5) is 16.3. The van der Waals surface area contributed by atoms with Gasteiger partial charge in [0.25, 0.3) is 0 Å². The van der Waals surface area contributed by atoms with Gasteiger partial charge in [0.2, 0.25) is 5.91 Å². The molecule has 0 aliphatic heterocycles. The van der Waals surface area contributed by atoms with Gasteiger partial charge in [0.05, 0.1) is 18.2 Å². The zero-order valence-corrected chi connectivity index (χ0v) is 16.8. The molecule has 1 unspecified atom stereocenters. The molecule has 6 heteroatoms. The smallest absolute Gasteiger partial charge is 0.230 e. The Balaban J connectivity index is 1.40. The van der Waals surface area contributed by atoms with Gasteiger partial charge in [0, 0.05) is 12.2 Å². The molecular formula is C23H24ClN3O2. The molecule has 3 rings (SSSR count). The molecule has 5 nitrogen and oxygen atoms in total. The molecule has 3 aromatic rings. The molecule has 150 valence electrons. The van der Waals surface area contributed by atoms with Crippen LogP contribution in [0.1, 0.15) is 22.9 Å². The average Bonchev–Trinajstić information content (AvgIpc) is 2.73. The molecule has 0 radical (unpaired) electrons. The van der Waals surface area contributed by atoms with Gasteiger partial charge >= 0.3 is 0 Å². The summed E-state index contributed by atoms with van der Waals surface area (Å²) in [6.07, 6.45) is 0.501. The molecule has 1 aromatic heterocycles. The summed E-state index contributed by atoms with van der Waals surface area (Å²) < 4.78 is 0. The lowest BCUT2D eigenvalue weighted by atomic mass is 10.1. The van der Waals surface area contributed by atoms with Gasteiger partial charge in [-0.15, -0.1) is 0 Å². The SMILES string of the molecule is O=C(Cc1cccc(Cl)n1)Nc1ccc(CCNCC(O)c2ccccc2)cc1. The van der Waals surface area contributed by atoms with E-state index >= 15 is 0 Å². The third-order valence-electron chi connectivity index (χ3n) is 4.46. The number of hydrogen-bond acceptors (Lipinski definition) is 4. The third-order valence-corrected chi connectivity index (χ3v) is 4.68. The number of pyridine rings is 1. The minimum atomic E-state index is -0.511. The molecular weight excluding hydrogens is 386 g/mol. The topological polar surface area (TPSA) is 74.2 Å². The number of carbonyl (C=O) groups excluding carboxylic acids is 1. The van der Waals surface area contributed by atoms with E-state index in [1.165, 1.54) is 0 Å². The van der Waals surface area contributed by atoms with Crippen LogP contribution in [-0.2, 0) is 17.6 Å². The highest BCUT2D eigenvalue weighted by Crippen LogP contribution is 2.13. The number of aliphatic hydroxyl groups excluding tert-OH is 1. The quantitative estimate of drug-likeness (QED) is 0.371. The number of nitrogens with zero attached hydrogens (tertiary/aromatic N) is 1. The lowest BCUT2D eigenvalue weighted by Gasteiger charge is -2.12. The van der Waals surface area contributed by atoms with E-state index in [1.807, 2.05) is 54.6 Å². The van der Waals surface area contributed by atoms with Crippen molar-refractivity contribution in [3.63, 3.8) is 0 Å². The Labute approximate surface area is 175 Å². The van der Waals surface area contributed by atoms with Crippen molar-refractivity contribution in [2.24, 2.45) is 0 Å². The summed E-state index contributed by atoms with van der Waals surface area (Å²) in [6.45, 7) is 1.27. The number of amides is 1. The molecule has 0 saturated carbocycles. The monoisotopic (exact) mass is 409 g/mol. The molecule has 0 fully saturated rings. The molecule has 1 amide bonds. The van der Waals surface area contributed by atoms with Crippen molar-refractivity contribution in [2.45, 2.75) is 18.9 Å². The van der Waals surface area contributed by atoms with Crippen LogP contribution in [0.15, 0.2) is 72.8 Å². The van der Waals surface area contributed by atoms with Gasteiger partial charge in [0.1, 0.15) is 5.15 Å². The Morgan fingerprint density at radius 1 is 1.00 bits per heavy atom. The van der Waals surface area contributed by atoms with Crippen LogP contribution in [0.5, 0.6) is 0 Å². The molecule has 0 spiro atoms. The molecule has 0 aliphatic rings. The van der Waals surface area contributed by atoms with Crippen molar-refractivity contribution in [2.75, 3.05) is 18.4 Å². The highest BCUT2D eigenvalue weighted by molar-refractivity contribution is 6.29. The Bertz CT molecular complexity index is 917. The van der Waals surface area contributed by atoms with Gasteiger partial charge in [0.15, 0.2) is 0 Å². The third kappa shape index (κ3) is 6.98. The number of aromatic nitrogens is 1. The maximum Gasteiger partial charge on any atom is 0.230 e. The summed E-state index contributed by atoms with van der Waals surface area (Å²) in [6, 6.07) is 22.6. The number of nitrogens with one attached hydrogen (secondary N) is 2. The van der Waals surface area contributed by atoms with Crippen molar-refractivity contribution in [1.29, 1.82) is 0 Å². The number of anilines is 1.